The Balaban J connectivity index is 1.81. The van der Waals surface area contributed by atoms with Crippen LogP contribution in [0.15, 0.2) is 48.5 Å². The number of rotatable bonds is 8. The summed E-state index contributed by atoms with van der Waals surface area (Å²) in [7, 11) is 0. The van der Waals surface area contributed by atoms with E-state index in [1.807, 2.05) is 0 Å². The highest BCUT2D eigenvalue weighted by Crippen LogP contribution is 2.15. The van der Waals surface area contributed by atoms with E-state index in [2.05, 4.69) is 16.0 Å². The monoisotopic (exact) mass is 429 g/mol. The smallest absolute Gasteiger partial charge is 0.408 e. The van der Waals surface area contributed by atoms with Gasteiger partial charge in [0, 0.05) is 18.7 Å². The molecule has 0 spiro atoms. The molecule has 0 aliphatic carbocycles. The van der Waals surface area contributed by atoms with Crippen molar-refractivity contribution in [3.8, 4) is 0 Å². The molecule has 0 saturated carbocycles. The number of amides is 3. The molecule has 3 N–H and O–H groups in total. The molecule has 0 aromatic heterocycles. The van der Waals surface area contributed by atoms with Gasteiger partial charge in [-0.15, -0.1) is 0 Å². The molecule has 0 heterocycles. The summed E-state index contributed by atoms with van der Waals surface area (Å²) in [5.41, 5.74) is 1.49. The molecule has 7 nitrogen and oxygen atoms in total. The Labute approximate surface area is 181 Å². The van der Waals surface area contributed by atoms with E-state index >= 15 is 0 Å². The normalized spacial score (nSPS) is 10.8. The second-order valence-electron chi connectivity index (χ2n) is 7.96. The summed E-state index contributed by atoms with van der Waals surface area (Å²) in [4.78, 5) is 36.0. The van der Waals surface area contributed by atoms with E-state index in [4.69, 9.17) is 4.74 Å². The molecule has 2 rings (SSSR count). The molecule has 0 aliphatic heterocycles. The van der Waals surface area contributed by atoms with Crippen LogP contribution in [-0.4, -0.2) is 30.1 Å². The average molecular weight is 429 g/mol. The predicted molar refractivity (Wildman–Crippen MR) is 116 cm³/mol. The molecule has 166 valence electrons. The van der Waals surface area contributed by atoms with E-state index in [1.54, 1.807) is 57.2 Å². The van der Waals surface area contributed by atoms with E-state index in [-0.39, 0.29) is 31.2 Å². The number of ether oxygens (including phenoxy) is 1. The molecule has 2 aromatic carbocycles. The van der Waals surface area contributed by atoms with Gasteiger partial charge in [-0.05, 0) is 56.5 Å². The van der Waals surface area contributed by atoms with Crippen LogP contribution in [0.1, 0.15) is 38.3 Å². The van der Waals surface area contributed by atoms with Gasteiger partial charge in [0.2, 0.25) is 11.8 Å². The minimum Gasteiger partial charge on any atom is -0.444 e. The van der Waals surface area contributed by atoms with Crippen molar-refractivity contribution in [3.63, 3.8) is 0 Å². The fourth-order valence-corrected chi connectivity index (χ4v) is 2.65. The molecule has 0 saturated heterocycles. The lowest BCUT2D eigenvalue weighted by Crippen LogP contribution is -2.37. The van der Waals surface area contributed by atoms with E-state index in [9.17, 15) is 18.8 Å². The zero-order valence-corrected chi connectivity index (χ0v) is 18.0. The highest BCUT2D eigenvalue weighted by atomic mass is 19.1. The van der Waals surface area contributed by atoms with Gasteiger partial charge in [-0.1, -0.05) is 30.3 Å². The minimum atomic E-state index is -0.677. The molecule has 2 aromatic rings. The number of para-hydroxylation sites is 1. The number of hydrogen-bond acceptors (Lipinski definition) is 4. The van der Waals surface area contributed by atoms with Crippen molar-refractivity contribution in [1.82, 2.24) is 10.6 Å². The predicted octanol–water partition coefficient (Wildman–Crippen LogP) is 3.54. The molecule has 0 unspecified atom stereocenters. The van der Waals surface area contributed by atoms with Crippen LogP contribution >= 0.6 is 0 Å². The third-order valence-corrected chi connectivity index (χ3v) is 4.11. The molecular formula is C23H28FN3O4. The first kappa shape index (κ1) is 23.9. The lowest BCUT2D eigenvalue weighted by molar-refractivity contribution is -0.121. The van der Waals surface area contributed by atoms with Crippen LogP contribution in [0.2, 0.25) is 0 Å². The molecule has 3 amide bonds. The lowest BCUT2D eigenvalue weighted by Gasteiger charge is -2.19. The number of nitrogens with one attached hydrogen (secondary N) is 3. The summed E-state index contributed by atoms with van der Waals surface area (Å²) in [6.07, 6.45) is 0.0882. The number of alkyl carbamates (subject to hydrolysis) is 1. The van der Waals surface area contributed by atoms with E-state index in [0.29, 0.717) is 12.1 Å². The molecule has 0 fully saturated rings. The fraction of sp³-hybridized carbons (Fsp3) is 0.348. The summed E-state index contributed by atoms with van der Waals surface area (Å²) in [6.45, 7) is 5.19. The Hall–Kier alpha value is -3.42. The zero-order valence-electron chi connectivity index (χ0n) is 18.0. The van der Waals surface area contributed by atoms with Gasteiger partial charge in [0.1, 0.15) is 18.0 Å². The molecular weight excluding hydrogens is 401 g/mol. The fourth-order valence-electron chi connectivity index (χ4n) is 2.65. The number of carbonyl (C=O) groups excluding carboxylic acids is 3. The van der Waals surface area contributed by atoms with E-state index < -0.39 is 17.6 Å². The van der Waals surface area contributed by atoms with Gasteiger partial charge in [0.25, 0.3) is 0 Å². The summed E-state index contributed by atoms with van der Waals surface area (Å²) < 4.78 is 18.0. The Morgan fingerprint density at radius 3 is 2.29 bits per heavy atom. The van der Waals surface area contributed by atoms with Crippen molar-refractivity contribution >= 4 is 23.6 Å². The summed E-state index contributed by atoms with van der Waals surface area (Å²) in [6, 6.07) is 13.1. The topological polar surface area (TPSA) is 96.5 Å². The summed E-state index contributed by atoms with van der Waals surface area (Å²) in [5.74, 6) is -0.883. The molecule has 31 heavy (non-hydrogen) atoms. The lowest BCUT2D eigenvalue weighted by atomic mass is 10.1. The van der Waals surface area contributed by atoms with Crippen molar-refractivity contribution in [1.29, 1.82) is 0 Å². The van der Waals surface area contributed by atoms with Gasteiger partial charge < -0.3 is 20.7 Å². The number of anilines is 1. The molecule has 0 bridgehead atoms. The van der Waals surface area contributed by atoms with Crippen LogP contribution < -0.4 is 16.0 Å². The van der Waals surface area contributed by atoms with Crippen LogP contribution in [0.4, 0.5) is 14.9 Å². The molecule has 0 radical (unpaired) electrons. The van der Waals surface area contributed by atoms with Gasteiger partial charge in [-0.25, -0.2) is 9.18 Å². The van der Waals surface area contributed by atoms with Crippen LogP contribution in [0, 0.1) is 5.82 Å². The second kappa shape index (κ2) is 11.1. The van der Waals surface area contributed by atoms with Crippen LogP contribution in [-0.2, 0) is 27.3 Å². The van der Waals surface area contributed by atoms with Crippen molar-refractivity contribution in [2.75, 3.05) is 11.9 Å². The maximum atomic E-state index is 12.9. The first-order chi connectivity index (χ1) is 14.6. The van der Waals surface area contributed by atoms with Gasteiger partial charge in [0.15, 0.2) is 0 Å². The van der Waals surface area contributed by atoms with Crippen LogP contribution in [0.3, 0.4) is 0 Å². The Bertz CT molecular complexity index is 908. The third kappa shape index (κ3) is 9.29. The first-order valence-electron chi connectivity index (χ1n) is 9.98. The number of benzene rings is 2. The SMILES string of the molecule is CC(C)(C)OC(=O)NCC(=O)Nc1ccccc1CNC(=O)CCc1ccc(F)cc1. The second-order valence-corrected chi connectivity index (χ2v) is 7.96. The van der Waals surface area contributed by atoms with E-state index in [0.717, 1.165) is 11.1 Å². The Morgan fingerprint density at radius 2 is 1.61 bits per heavy atom. The maximum absolute atomic E-state index is 12.9. The van der Waals surface area contributed by atoms with Crippen LogP contribution in [0.5, 0.6) is 0 Å². The number of hydrogen-bond donors (Lipinski definition) is 3. The van der Waals surface area contributed by atoms with Crippen molar-refractivity contribution in [2.45, 2.75) is 45.8 Å². The third-order valence-electron chi connectivity index (χ3n) is 4.11. The average Bonchev–Trinajstić information content (AvgIpc) is 2.70. The zero-order chi connectivity index (χ0) is 22.9. The number of carbonyl (C=O) groups is 3. The summed E-state index contributed by atoms with van der Waals surface area (Å²) >= 11 is 0. The number of aryl methyl sites for hydroxylation is 1. The van der Waals surface area contributed by atoms with Gasteiger partial charge >= 0.3 is 6.09 Å². The summed E-state index contributed by atoms with van der Waals surface area (Å²) in [5, 5.41) is 7.93. The van der Waals surface area contributed by atoms with Crippen molar-refractivity contribution < 1.29 is 23.5 Å². The largest absolute Gasteiger partial charge is 0.444 e. The molecule has 0 atom stereocenters. The van der Waals surface area contributed by atoms with E-state index in [1.165, 1.54) is 12.1 Å². The molecule has 0 aliphatic rings. The van der Waals surface area contributed by atoms with Crippen LogP contribution in [0.25, 0.3) is 0 Å². The standard InChI is InChI=1S/C23H28FN3O4/c1-23(2,3)31-22(30)26-15-21(29)27-19-7-5-4-6-17(19)14-25-20(28)13-10-16-8-11-18(24)12-9-16/h4-9,11-12H,10,13-15H2,1-3H3,(H,25,28)(H,26,30)(H,27,29). The highest BCUT2D eigenvalue weighted by molar-refractivity contribution is 5.94. The van der Waals surface area contributed by atoms with Gasteiger partial charge in [0.05, 0.1) is 0 Å². The van der Waals surface area contributed by atoms with Gasteiger partial charge in [-0.2, -0.15) is 0 Å². The molecule has 8 heteroatoms. The Kier molecular flexibility index (Phi) is 8.54. The minimum absolute atomic E-state index is 0.156. The van der Waals surface area contributed by atoms with Gasteiger partial charge in [-0.3, -0.25) is 9.59 Å². The Morgan fingerprint density at radius 1 is 0.935 bits per heavy atom. The number of halogens is 1. The van der Waals surface area contributed by atoms with Crippen molar-refractivity contribution in [3.05, 3.63) is 65.5 Å². The quantitative estimate of drug-likeness (QED) is 0.598. The first-order valence-corrected chi connectivity index (χ1v) is 9.98. The maximum Gasteiger partial charge on any atom is 0.408 e. The highest BCUT2D eigenvalue weighted by Gasteiger charge is 2.17. The van der Waals surface area contributed by atoms with Crippen molar-refractivity contribution in [2.24, 2.45) is 0 Å².